The molecule has 1 atom stereocenters. The Hall–Kier alpha value is -5.01. The number of likely N-dealkylation sites (tertiary alicyclic amines) is 1. The summed E-state index contributed by atoms with van der Waals surface area (Å²) in [6, 6.07) is 17.9. The monoisotopic (exact) mass is 703 g/mol. The van der Waals surface area contributed by atoms with E-state index in [-0.39, 0.29) is 11.8 Å². The summed E-state index contributed by atoms with van der Waals surface area (Å²) >= 11 is 1.55. The first-order chi connectivity index (χ1) is 24.8. The Kier molecular flexibility index (Phi) is 8.84. The second kappa shape index (κ2) is 13.6. The molecule has 13 heteroatoms. The van der Waals surface area contributed by atoms with Crippen LogP contribution >= 0.6 is 11.8 Å². The summed E-state index contributed by atoms with van der Waals surface area (Å²) in [7, 11) is 1.86. The van der Waals surface area contributed by atoms with Crippen LogP contribution in [0.4, 0.5) is 5.69 Å². The Labute approximate surface area is 300 Å². The molecule has 1 aliphatic carbocycles. The van der Waals surface area contributed by atoms with Gasteiger partial charge in [0, 0.05) is 49.9 Å². The summed E-state index contributed by atoms with van der Waals surface area (Å²) in [5.41, 5.74) is 7.23. The van der Waals surface area contributed by atoms with Gasteiger partial charge in [-0.05, 0) is 80.3 Å². The lowest BCUT2D eigenvalue weighted by atomic mass is 9.98. The summed E-state index contributed by atoms with van der Waals surface area (Å²) in [6.07, 6.45) is 9.77. The first kappa shape index (κ1) is 33.2. The van der Waals surface area contributed by atoms with Crippen molar-refractivity contribution in [3.8, 4) is 28.5 Å². The fourth-order valence-electron chi connectivity index (χ4n) is 6.89. The van der Waals surface area contributed by atoms with E-state index in [2.05, 4.69) is 48.7 Å². The predicted molar refractivity (Wildman–Crippen MR) is 199 cm³/mol. The van der Waals surface area contributed by atoms with Crippen molar-refractivity contribution in [1.82, 2.24) is 39.7 Å². The molecule has 2 N–H and O–H groups in total. The lowest BCUT2D eigenvalue weighted by Gasteiger charge is -2.29. The third kappa shape index (κ3) is 6.87. The number of aromatic nitrogens is 6. The number of rotatable bonds is 10. The Bertz CT molecular complexity index is 2140. The van der Waals surface area contributed by atoms with Crippen molar-refractivity contribution in [2.75, 3.05) is 44.3 Å². The molecule has 0 radical (unpaired) electrons. The highest BCUT2D eigenvalue weighted by Crippen LogP contribution is 2.37. The molecule has 2 amide bonds. The third-order valence-corrected chi connectivity index (χ3v) is 11.4. The van der Waals surface area contributed by atoms with E-state index in [1.165, 1.54) is 5.57 Å². The van der Waals surface area contributed by atoms with E-state index < -0.39 is 4.75 Å². The van der Waals surface area contributed by atoms with Crippen molar-refractivity contribution in [2.45, 2.75) is 43.5 Å². The predicted octanol–water partition coefficient (Wildman–Crippen LogP) is 5.33. The van der Waals surface area contributed by atoms with Gasteiger partial charge in [0.1, 0.15) is 22.5 Å². The Morgan fingerprint density at radius 1 is 1.08 bits per heavy atom. The van der Waals surface area contributed by atoms with E-state index in [4.69, 9.17) is 9.72 Å². The number of benzene rings is 2. The topological polar surface area (TPSA) is 134 Å². The molecule has 0 spiro atoms. The molecule has 0 bridgehead atoms. The number of fused-ring (bicyclic) bond motifs is 1. The summed E-state index contributed by atoms with van der Waals surface area (Å²) < 4.78 is 7.01. The van der Waals surface area contributed by atoms with E-state index in [1.54, 1.807) is 22.8 Å². The van der Waals surface area contributed by atoms with Crippen molar-refractivity contribution in [3.05, 3.63) is 78.3 Å². The average molecular weight is 704 g/mol. The smallest absolute Gasteiger partial charge is 0.241 e. The molecule has 51 heavy (non-hydrogen) atoms. The fourth-order valence-corrected chi connectivity index (χ4v) is 7.74. The maximum atomic E-state index is 13.9. The normalized spacial score (nSPS) is 19.4. The average Bonchev–Trinajstić information content (AvgIpc) is 3.48. The number of hydrogen-bond donors (Lipinski definition) is 2. The van der Waals surface area contributed by atoms with Gasteiger partial charge in [-0.3, -0.25) is 24.3 Å². The molecule has 5 aromatic rings. The zero-order valence-corrected chi connectivity index (χ0v) is 29.9. The van der Waals surface area contributed by atoms with E-state index in [0.29, 0.717) is 56.8 Å². The number of carbonyl (C=O) groups excluding carboxylic acids is 2. The molecular formula is C38H41N9O3S. The van der Waals surface area contributed by atoms with Crippen LogP contribution in [0.5, 0.6) is 5.75 Å². The summed E-state index contributed by atoms with van der Waals surface area (Å²) in [5, 5.41) is 16.1. The maximum absolute atomic E-state index is 13.9. The van der Waals surface area contributed by atoms with Crippen LogP contribution < -0.4 is 10.1 Å². The van der Waals surface area contributed by atoms with Gasteiger partial charge in [0.2, 0.25) is 11.8 Å². The Balaban J connectivity index is 0.882. The van der Waals surface area contributed by atoms with Gasteiger partial charge >= 0.3 is 0 Å². The molecule has 2 aliphatic heterocycles. The van der Waals surface area contributed by atoms with Crippen LogP contribution in [-0.2, 0) is 16.6 Å². The number of aromatic amines is 1. The van der Waals surface area contributed by atoms with Gasteiger partial charge < -0.3 is 15.0 Å². The molecule has 3 aromatic heterocycles. The lowest BCUT2D eigenvalue weighted by Crippen LogP contribution is -2.45. The van der Waals surface area contributed by atoms with E-state index in [9.17, 15) is 9.59 Å². The van der Waals surface area contributed by atoms with Gasteiger partial charge in [0.15, 0.2) is 5.82 Å². The molecule has 8 rings (SSSR count). The van der Waals surface area contributed by atoms with Crippen LogP contribution in [0.3, 0.4) is 0 Å². The molecule has 262 valence electrons. The van der Waals surface area contributed by atoms with Crippen LogP contribution in [0.2, 0.25) is 0 Å². The van der Waals surface area contributed by atoms with Gasteiger partial charge in [0.25, 0.3) is 0 Å². The standard InChI is InChI=1S/C38H41N9O3S/c1-24-33(50-29-9-10-29)13-12-32(40-24)35-30-20-28(8-11-31(30)42-43-35)41-37(49)38(51-3)16-19-46(22-38)21-34(48)47-17-14-26(15-18-47)25-4-6-27(7-5-25)36-39-23-45(2)44-36/h4-8,11-14,20,23,29H,9-10,15-19,21-22H2,1-3H3,(H,41,49)(H,42,43). The van der Waals surface area contributed by atoms with Gasteiger partial charge in [-0.25, -0.2) is 9.97 Å². The van der Waals surface area contributed by atoms with Crippen LogP contribution in [0, 0.1) is 6.92 Å². The summed E-state index contributed by atoms with van der Waals surface area (Å²) in [6.45, 7) is 4.68. The quantitative estimate of drug-likeness (QED) is 0.198. The summed E-state index contributed by atoms with van der Waals surface area (Å²) in [4.78, 5) is 40.4. The number of nitrogens with zero attached hydrogens (tertiary/aromatic N) is 7. The molecule has 2 aromatic carbocycles. The SMILES string of the molecule is CSC1(C(=O)Nc2ccc3[nH]nc(-c4ccc(OC5CC5)c(C)n4)c3c2)CCN(CC(=O)N2CC=C(c3ccc(-c4ncn(C)n4)cc3)CC2)C1. The third-order valence-electron chi connectivity index (χ3n) is 10.1. The first-order valence-electron chi connectivity index (χ1n) is 17.4. The van der Waals surface area contributed by atoms with Crippen molar-refractivity contribution >= 4 is 45.7 Å². The van der Waals surface area contributed by atoms with Crippen LogP contribution in [0.25, 0.3) is 39.3 Å². The van der Waals surface area contributed by atoms with Crippen molar-refractivity contribution in [1.29, 1.82) is 0 Å². The maximum Gasteiger partial charge on any atom is 0.241 e. The fraction of sp³-hybridized carbons (Fsp3) is 0.368. The summed E-state index contributed by atoms with van der Waals surface area (Å²) in [5.74, 6) is 1.55. The Morgan fingerprint density at radius 2 is 1.90 bits per heavy atom. The number of amides is 2. The van der Waals surface area contributed by atoms with Crippen LogP contribution in [-0.4, -0.2) is 101 Å². The minimum absolute atomic E-state index is 0.0553. The van der Waals surface area contributed by atoms with Crippen molar-refractivity contribution < 1.29 is 14.3 Å². The second-order valence-electron chi connectivity index (χ2n) is 13.7. The number of ether oxygens (including phenoxy) is 1. The minimum atomic E-state index is -0.656. The highest BCUT2D eigenvalue weighted by molar-refractivity contribution is 8.00. The number of H-pyrrole nitrogens is 1. The van der Waals surface area contributed by atoms with Gasteiger partial charge in [-0.1, -0.05) is 30.3 Å². The lowest BCUT2D eigenvalue weighted by molar-refractivity contribution is -0.132. The highest BCUT2D eigenvalue weighted by Gasteiger charge is 2.44. The van der Waals surface area contributed by atoms with Gasteiger partial charge in [0.05, 0.1) is 29.6 Å². The molecule has 1 saturated heterocycles. The van der Waals surface area contributed by atoms with E-state index in [1.807, 2.05) is 67.6 Å². The number of pyridine rings is 1. The van der Waals surface area contributed by atoms with Crippen molar-refractivity contribution in [2.24, 2.45) is 7.05 Å². The molecule has 12 nitrogen and oxygen atoms in total. The zero-order valence-electron chi connectivity index (χ0n) is 29.1. The highest BCUT2D eigenvalue weighted by atomic mass is 32.2. The number of nitrogens with one attached hydrogen (secondary N) is 2. The van der Waals surface area contributed by atoms with Crippen molar-refractivity contribution in [3.63, 3.8) is 0 Å². The Morgan fingerprint density at radius 3 is 2.61 bits per heavy atom. The molecular weight excluding hydrogens is 663 g/mol. The molecule has 2 fully saturated rings. The number of aryl methyl sites for hydroxylation is 2. The van der Waals surface area contributed by atoms with E-state index in [0.717, 1.165) is 64.1 Å². The molecule has 5 heterocycles. The van der Waals surface area contributed by atoms with Gasteiger partial charge in [-0.2, -0.15) is 10.2 Å². The van der Waals surface area contributed by atoms with Crippen LogP contribution in [0.1, 0.15) is 36.9 Å². The van der Waals surface area contributed by atoms with Gasteiger partial charge in [-0.15, -0.1) is 11.8 Å². The molecule has 1 unspecified atom stereocenters. The molecule has 3 aliphatic rings. The number of hydrogen-bond acceptors (Lipinski definition) is 9. The minimum Gasteiger partial charge on any atom is -0.489 e. The first-order valence-corrected chi connectivity index (χ1v) is 18.6. The largest absolute Gasteiger partial charge is 0.489 e. The van der Waals surface area contributed by atoms with Crippen LogP contribution in [0.15, 0.2) is 67.0 Å². The second-order valence-corrected chi connectivity index (χ2v) is 14.9. The molecule has 1 saturated carbocycles. The zero-order chi connectivity index (χ0) is 35.1. The number of carbonyl (C=O) groups is 2. The van der Waals surface area contributed by atoms with E-state index >= 15 is 0 Å². The number of thioether (sulfide) groups is 1. The number of anilines is 1.